The lowest BCUT2D eigenvalue weighted by molar-refractivity contribution is 0.748. The quantitative estimate of drug-likeness (QED) is 0.169. The Morgan fingerprint density at radius 1 is 0.312 bits per heavy atom. The van der Waals surface area contributed by atoms with E-state index in [1.165, 1.54) is 93.8 Å². The van der Waals surface area contributed by atoms with E-state index in [-0.39, 0.29) is 0 Å². The molecule has 3 heterocycles. The third-order valence-corrected chi connectivity index (χ3v) is 14.1. The van der Waals surface area contributed by atoms with Crippen molar-refractivity contribution in [3.8, 4) is 33.6 Å². The van der Waals surface area contributed by atoms with Crippen molar-refractivity contribution >= 4 is 60.7 Å². The Kier molecular flexibility index (Phi) is 7.32. The monoisotopic (exact) mass is 813 g/mol. The van der Waals surface area contributed by atoms with Crippen molar-refractivity contribution in [1.29, 1.82) is 0 Å². The van der Waals surface area contributed by atoms with Gasteiger partial charge in [-0.1, -0.05) is 164 Å². The molecule has 1 aliphatic heterocycles. The molecule has 2 aromatic heterocycles. The standard InChI is InChI=1S/C61H39N3/c1-2-17-42(18-3-1)62(44-19-14-16-41(38-44)40-32-34-43(35-33-40)63-56-28-10-5-21-47(56)48-22-6-11-29-57(48)63)45-36-37-53-51(39-45)46-20-4-8-25-52(46)61(53)54-26-9-13-31-59(54)64-58-30-12-7-23-49(58)50-24-15-27-55(61)60(50)64/h1-39H. The summed E-state index contributed by atoms with van der Waals surface area (Å²) in [6.45, 7) is 0. The van der Waals surface area contributed by atoms with E-state index in [4.69, 9.17) is 0 Å². The van der Waals surface area contributed by atoms with Crippen molar-refractivity contribution in [3.05, 3.63) is 259 Å². The fourth-order valence-corrected chi connectivity index (χ4v) is 11.5. The van der Waals surface area contributed by atoms with Gasteiger partial charge in [0.1, 0.15) is 0 Å². The molecule has 10 aromatic carbocycles. The summed E-state index contributed by atoms with van der Waals surface area (Å²) in [5.41, 5.74) is 20.4. The molecule has 0 N–H and O–H groups in total. The van der Waals surface area contributed by atoms with Crippen LogP contribution >= 0.6 is 0 Å². The molecule has 3 nitrogen and oxygen atoms in total. The summed E-state index contributed by atoms with van der Waals surface area (Å²) < 4.78 is 4.89. The fraction of sp³-hybridized carbons (Fsp3) is 0.0164. The van der Waals surface area contributed by atoms with Crippen LogP contribution < -0.4 is 4.90 Å². The van der Waals surface area contributed by atoms with Gasteiger partial charge < -0.3 is 14.0 Å². The summed E-state index contributed by atoms with van der Waals surface area (Å²) in [5.74, 6) is 0. The average Bonchev–Trinajstić information content (AvgIpc) is 3.99. The van der Waals surface area contributed by atoms with Crippen LogP contribution in [0, 0.1) is 0 Å². The number of rotatable bonds is 5. The number of hydrogen-bond acceptors (Lipinski definition) is 1. The van der Waals surface area contributed by atoms with E-state index in [1.54, 1.807) is 0 Å². The highest BCUT2D eigenvalue weighted by molar-refractivity contribution is 6.13. The molecule has 1 unspecified atom stereocenters. The fourth-order valence-electron chi connectivity index (χ4n) is 11.5. The number of benzene rings is 10. The van der Waals surface area contributed by atoms with E-state index in [0.29, 0.717) is 0 Å². The largest absolute Gasteiger partial charge is 0.310 e. The van der Waals surface area contributed by atoms with Gasteiger partial charge in [-0.25, -0.2) is 0 Å². The Hall–Kier alpha value is -8.40. The summed E-state index contributed by atoms with van der Waals surface area (Å²) >= 11 is 0. The molecule has 0 radical (unpaired) electrons. The minimum atomic E-state index is -0.492. The maximum absolute atomic E-state index is 2.51. The molecule has 64 heavy (non-hydrogen) atoms. The zero-order valence-electron chi connectivity index (χ0n) is 34.9. The van der Waals surface area contributed by atoms with Crippen molar-refractivity contribution in [2.45, 2.75) is 5.41 Å². The Morgan fingerprint density at radius 3 is 1.62 bits per heavy atom. The molecule has 0 bridgehead atoms. The lowest BCUT2D eigenvalue weighted by Crippen LogP contribution is -2.33. The number of nitrogens with zero attached hydrogens (tertiary/aromatic N) is 3. The van der Waals surface area contributed by atoms with Crippen molar-refractivity contribution < 1.29 is 0 Å². The average molecular weight is 814 g/mol. The molecular formula is C61H39N3. The van der Waals surface area contributed by atoms with Crippen LogP contribution in [-0.4, -0.2) is 9.13 Å². The van der Waals surface area contributed by atoms with E-state index in [9.17, 15) is 0 Å². The van der Waals surface area contributed by atoms with Crippen molar-refractivity contribution in [1.82, 2.24) is 9.13 Å². The van der Waals surface area contributed by atoms with E-state index >= 15 is 0 Å². The Morgan fingerprint density at radius 2 is 0.859 bits per heavy atom. The Labute approximate surface area is 371 Å². The molecule has 0 saturated heterocycles. The third-order valence-electron chi connectivity index (χ3n) is 14.1. The third kappa shape index (κ3) is 4.70. The number of aromatic nitrogens is 2. The van der Waals surface area contributed by atoms with Gasteiger partial charge in [-0.15, -0.1) is 0 Å². The SMILES string of the molecule is c1ccc(N(c2cccc(-c3ccc(-n4c5ccccc5c5ccccc54)cc3)c2)c2ccc3c(c2)-c2ccccc2C32c3ccccc3-n3c4ccccc4c4cccc2c43)cc1. The predicted molar refractivity (Wildman–Crippen MR) is 266 cm³/mol. The molecule has 1 aliphatic carbocycles. The van der Waals surface area contributed by atoms with E-state index < -0.39 is 5.41 Å². The van der Waals surface area contributed by atoms with Crippen LogP contribution in [0.25, 0.3) is 77.2 Å². The summed E-state index contributed by atoms with van der Waals surface area (Å²) in [5, 5.41) is 5.12. The van der Waals surface area contributed by atoms with Crippen molar-refractivity contribution in [2.75, 3.05) is 4.90 Å². The van der Waals surface area contributed by atoms with Crippen molar-refractivity contribution in [3.63, 3.8) is 0 Å². The van der Waals surface area contributed by atoms with Gasteiger partial charge in [0.2, 0.25) is 0 Å². The highest BCUT2D eigenvalue weighted by Crippen LogP contribution is 2.61. The second-order valence-electron chi connectivity index (χ2n) is 17.2. The van der Waals surface area contributed by atoms with Crippen molar-refractivity contribution in [2.24, 2.45) is 0 Å². The first-order valence-electron chi connectivity index (χ1n) is 22.2. The van der Waals surface area contributed by atoms with Crippen LogP contribution in [0.3, 0.4) is 0 Å². The van der Waals surface area contributed by atoms with E-state index in [1.807, 2.05) is 0 Å². The molecule has 14 rings (SSSR count). The van der Waals surface area contributed by atoms with Gasteiger partial charge in [-0.3, -0.25) is 0 Å². The number of para-hydroxylation sites is 6. The minimum absolute atomic E-state index is 0.492. The van der Waals surface area contributed by atoms with Crippen LogP contribution in [-0.2, 0) is 5.41 Å². The lowest BCUT2D eigenvalue weighted by atomic mass is 9.65. The molecular weight excluding hydrogens is 775 g/mol. The van der Waals surface area contributed by atoms with Gasteiger partial charge >= 0.3 is 0 Å². The topological polar surface area (TPSA) is 13.1 Å². The first-order valence-corrected chi connectivity index (χ1v) is 22.2. The highest BCUT2D eigenvalue weighted by atomic mass is 15.1. The molecule has 3 heteroatoms. The van der Waals surface area contributed by atoms with Crippen LogP contribution in [0.15, 0.2) is 237 Å². The second-order valence-corrected chi connectivity index (χ2v) is 17.2. The molecule has 0 fully saturated rings. The van der Waals surface area contributed by atoms with Gasteiger partial charge in [0.05, 0.1) is 33.2 Å². The Bertz CT molecular complexity index is 3800. The molecule has 1 atom stereocenters. The zero-order chi connectivity index (χ0) is 41.9. The van der Waals surface area contributed by atoms with E-state index in [2.05, 4.69) is 251 Å². The van der Waals surface area contributed by atoms with Gasteiger partial charge in [0.25, 0.3) is 0 Å². The number of anilines is 3. The smallest absolute Gasteiger partial charge is 0.0754 e. The molecule has 0 amide bonds. The van der Waals surface area contributed by atoms with Crippen LogP contribution in [0.1, 0.15) is 22.3 Å². The van der Waals surface area contributed by atoms with Gasteiger partial charge in [0, 0.05) is 44.3 Å². The number of fused-ring (bicyclic) bond motifs is 15. The maximum atomic E-state index is 2.51. The van der Waals surface area contributed by atoms with Crippen LogP contribution in [0.2, 0.25) is 0 Å². The molecule has 1 spiro atoms. The van der Waals surface area contributed by atoms with Crippen LogP contribution in [0.5, 0.6) is 0 Å². The maximum Gasteiger partial charge on any atom is 0.0754 e. The minimum Gasteiger partial charge on any atom is -0.310 e. The van der Waals surface area contributed by atoms with Crippen LogP contribution in [0.4, 0.5) is 17.1 Å². The van der Waals surface area contributed by atoms with Gasteiger partial charge in [-0.05, 0) is 117 Å². The normalized spacial score (nSPS) is 14.6. The summed E-state index contributed by atoms with van der Waals surface area (Å²) in [7, 11) is 0. The number of hydrogen-bond donors (Lipinski definition) is 0. The lowest BCUT2D eigenvalue weighted by Gasteiger charge is -2.39. The van der Waals surface area contributed by atoms with Gasteiger partial charge in [-0.2, -0.15) is 0 Å². The Balaban J connectivity index is 0.929. The summed E-state index contributed by atoms with van der Waals surface area (Å²) in [4.78, 5) is 2.41. The van der Waals surface area contributed by atoms with E-state index in [0.717, 1.165) is 22.7 Å². The summed E-state index contributed by atoms with van der Waals surface area (Å²) in [6.07, 6.45) is 0. The zero-order valence-corrected chi connectivity index (χ0v) is 34.9. The second kappa shape index (κ2) is 13.3. The predicted octanol–water partition coefficient (Wildman–Crippen LogP) is 15.7. The first kappa shape index (κ1) is 35.2. The molecule has 12 aromatic rings. The molecule has 0 saturated carbocycles. The highest BCUT2D eigenvalue weighted by Gasteiger charge is 2.50. The molecule has 298 valence electrons. The first-order chi connectivity index (χ1) is 31.8. The van der Waals surface area contributed by atoms with Gasteiger partial charge in [0.15, 0.2) is 0 Å². The molecule has 2 aliphatic rings. The summed E-state index contributed by atoms with van der Waals surface area (Å²) in [6, 6.07) is 87.5.